The van der Waals surface area contributed by atoms with Crippen LogP contribution in [0.4, 0.5) is 0 Å². The van der Waals surface area contributed by atoms with Crippen molar-refractivity contribution in [3.63, 3.8) is 0 Å². The number of likely N-dealkylation sites (N-methyl/N-ethyl adjacent to an activating group) is 1. The lowest BCUT2D eigenvalue weighted by Gasteiger charge is -2.20. The van der Waals surface area contributed by atoms with Gasteiger partial charge in [0.2, 0.25) is 0 Å². The number of aliphatic hydroxyl groups is 1. The summed E-state index contributed by atoms with van der Waals surface area (Å²) in [6.07, 6.45) is 3.30. The van der Waals surface area contributed by atoms with E-state index in [2.05, 4.69) is 4.98 Å². The standard InChI is InChI=1S/C21H23N3O3/c1-14-6-7-17(15(2)11-14)18-19(23(3)9-10-25)21(27)24(20(18)26)13-16-5-4-8-22-12-16/h4-8,11-12,25H,9-10,13H2,1-3H3. The van der Waals surface area contributed by atoms with Crippen LogP contribution in [0.15, 0.2) is 48.4 Å². The maximum absolute atomic E-state index is 13.2. The minimum absolute atomic E-state index is 0.107. The summed E-state index contributed by atoms with van der Waals surface area (Å²) >= 11 is 0. The second-order valence-electron chi connectivity index (χ2n) is 6.74. The smallest absolute Gasteiger partial charge is 0.278 e. The molecule has 0 saturated heterocycles. The summed E-state index contributed by atoms with van der Waals surface area (Å²) in [5, 5.41) is 9.32. The van der Waals surface area contributed by atoms with E-state index in [9.17, 15) is 14.7 Å². The molecule has 0 atom stereocenters. The highest BCUT2D eigenvalue weighted by molar-refractivity contribution is 6.35. The summed E-state index contributed by atoms with van der Waals surface area (Å²) in [7, 11) is 1.72. The zero-order chi connectivity index (χ0) is 19.6. The summed E-state index contributed by atoms with van der Waals surface area (Å²) in [6.45, 7) is 4.24. The summed E-state index contributed by atoms with van der Waals surface area (Å²) < 4.78 is 0. The third-order valence-corrected chi connectivity index (χ3v) is 4.68. The predicted octanol–water partition coefficient (Wildman–Crippen LogP) is 1.90. The Kier molecular flexibility index (Phi) is 5.37. The maximum Gasteiger partial charge on any atom is 0.278 e. The lowest BCUT2D eigenvalue weighted by atomic mass is 9.97. The molecule has 0 radical (unpaired) electrons. The van der Waals surface area contributed by atoms with Crippen LogP contribution < -0.4 is 0 Å². The molecule has 2 heterocycles. The van der Waals surface area contributed by atoms with E-state index in [4.69, 9.17) is 0 Å². The molecule has 0 fully saturated rings. The molecule has 6 heteroatoms. The molecule has 3 rings (SSSR count). The van der Waals surface area contributed by atoms with Crippen molar-refractivity contribution in [1.82, 2.24) is 14.8 Å². The molecule has 1 aliphatic rings. The molecule has 6 nitrogen and oxygen atoms in total. The molecule has 140 valence electrons. The van der Waals surface area contributed by atoms with Crippen LogP contribution in [0.3, 0.4) is 0 Å². The molecule has 2 aromatic rings. The minimum atomic E-state index is -0.352. The van der Waals surface area contributed by atoms with Crippen LogP contribution in [0.2, 0.25) is 0 Å². The monoisotopic (exact) mass is 365 g/mol. The first-order chi connectivity index (χ1) is 12.9. The molecule has 0 unspecified atom stereocenters. The van der Waals surface area contributed by atoms with Gasteiger partial charge in [0.25, 0.3) is 11.8 Å². The van der Waals surface area contributed by atoms with Gasteiger partial charge in [-0.3, -0.25) is 19.5 Å². The fourth-order valence-corrected chi connectivity index (χ4v) is 3.33. The molecule has 1 aromatic heterocycles. The number of carbonyl (C=O) groups excluding carboxylic acids is 2. The number of aliphatic hydroxyl groups excluding tert-OH is 1. The Labute approximate surface area is 158 Å². The number of hydrogen-bond donors (Lipinski definition) is 1. The first-order valence-electron chi connectivity index (χ1n) is 8.83. The molecular weight excluding hydrogens is 342 g/mol. The van der Waals surface area contributed by atoms with E-state index in [1.54, 1.807) is 30.4 Å². The van der Waals surface area contributed by atoms with E-state index in [0.717, 1.165) is 22.3 Å². The molecule has 0 bridgehead atoms. The van der Waals surface area contributed by atoms with E-state index in [-0.39, 0.29) is 31.5 Å². The third-order valence-electron chi connectivity index (χ3n) is 4.68. The number of aromatic nitrogens is 1. The van der Waals surface area contributed by atoms with Crippen molar-refractivity contribution in [3.05, 3.63) is 70.7 Å². The highest BCUT2D eigenvalue weighted by Gasteiger charge is 2.41. The molecule has 0 saturated carbocycles. The lowest BCUT2D eigenvalue weighted by Crippen LogP contribution is -2.34. The van der Waals surface area contributed by atoms with Gasteiger partial charge < -0.3 is 10.0 Å². The van der Waals surface area contributed by atoms with Crippen LogP contribution in [0.25, 0.3) is 5.57 Å². The van der Waals surface area contributed by atoms with Crippen molar-refractivity contribution < 1.29 is 14.7 Å². The van der Waals surface area contributed by atoms with E-state index in [1.165, 1.54) is 4.90 Å². The molecule has 1 N–H and O–H groups in total. The lowest BCUT2D eigenvalue weighted by molar-refractivity contribution is -0.138. The summed E-state index contributed by atoms with van der Waals surface area (Å²) in [5.41, 5.74) is 4.26. The zero-order valence-corrected chi connectivity index (χ0v) is 15.8. The number of carbonyl (C=O) groups is 2. The van der Waals surface area contributed by atoms with Crippen LogP contribution in [0.1, 0.15) is 22.3 Å². The van der Waals surface area contributed by atoms with Gasteiger partial charge in [0.1, 0.15) is 5.70 Å². The predicted molar refractivity (Wildman–Crippen MR) is 102 cm³/mol. The Balaban J connectivity index is 2.07. The van der Waals surface area contributed by atoms with Crippen molar-refractivity contribution in [2.45, 2.75) is 20.4 Å². The molecule has 0 spiro atoms. The quantitative estimate of drug-likeness (QED) is 0.792. The van der Waals surface area contributed by atoms with Crippen LogP contribution in [-0.4, -0.2) is 51.9 Å². The van der Waals surface area contributed by atoms with Gasteiger partial charge in [-0.25, -0.2) is 0 Å². The normalized spacial score (nSPS) is 14.3. The Morgan fingerprint density at radius 1 is 1.15 bits per heavy atom. The van der Waals surface area contributed by atoms with Crippen LogP contribution in [0, 0.1) is 13.8 Å². The molecule has 1 aliphatic heterocycles. The highest BCUT2D eigenvalue weighted by Crippen LogP contribution is 2.33. The average molecular weight is 365 g/mol. The molecule has 2 amide bonds. The zero-order valence-electron chi connectivity index (χ0n) is 15.8. The Morgan fingerprint density at radius 2 is 1.93 bits per heavy atom. The largest absolute Gasteiger partial charge is 0.395 e. The number of rotatable bonds is 6. The summed E-state index contributed by atoms with van der Waals surface area (Å²) in [4.78, 5) is 33.3. The Hall–Kier alpha value is -2.99. The fourth-order valence-electron chi connectivity index (χ4n) is 3.33. The van der Waals surface area contributed by atoms with Crippen molar-refractivity contribution in [2.24, 2.45) is 0 Å². The van der Waals surface area contributed by atoms with Crippen molar-refractivity contribution in [3.8, 4) is 0 Å². The number of imide groups is 1. The number of benzene rings is 1. The van der Waals surface area contributed by atoms with Crippen LogP contribution >= 0.6 is 0 Å². The van der Waals surface area contributed by atoms with Crippen molar-refractivity contribution in [1.29, 1.82) is 0 Å². The first kappa shape index (κ1) is 18.8. The Morgan fingerprint density at radius 3 is 2.56 bits per heavy atom. The van der Waals surface area contributed by atoms with E-state index < -0.39 is 0 Å². The number of pyridine rings is 1. The summed E-state index contributed by atoms with van der Waals surface area (Å²) in [5.74, 6) is -0.676. The van der Waals surface area contributed by atoms with E-state index in [1.807, 2.05) is 38.1 Å². The van der Waals surface area contributed by atoms with Crippen LogP contribution in [0.5, 0.6) is 0 Å². The van der Waals surface area contributed by atoms with Gasteiger partial charge >= 0.3 is 0 Å². The van der Waals surface area contributed by atoms with Gasteiger partial charge in [0.05, 0.1) is 18.7 Å². The number of amides is 2. The molecular formula is C21H23N3O3. The topological polar surface area (TPSA) is 73.7 Å². The van der Waals surface area contributed by atoms with Crippen LogP contribution in [-0.2, 0) is 16.1 Å². The van der Waals surface area contributed by atoms with Gasteiger partial charge in [-0.15, -0.1) is 0 Å². The van der Waals surface area contributed by atoms with Gasteiger partial charge in [-0.1, -0.05) is 29.8 Å². The molecule has 1 aromatic carbocycles. The average Bonchev–Trinajstić information content (AvgIpc) is 2.88. The van der Waals surface area contributed by atoms with Gasteiger partial charge in [0.15, 0.2) is 0 Å². The second kappa shape index (κ2) is 7.72. The SMILES string of the molecule is Cc1ccc(C2=C(N(C)CCO)C(=O)N(Cc3cccnc3)C2=O)c(C)c1. The van der Waals surface area contributed by atoms with Crippen molar-refractivity contribution >= 4 is 17.4 Å². The highest BCUT2D eigenvalue weighted by atomic mass is 16.3. The van der Waals surface area contributed by atoms with E-state index >= 15 is 0 Å². The first-order valence-corrected chi connectivity index (χ1v) is 8.83. The molecule has 27 heavy (non-hydrogen) atoms. The maximum atomic E-state index is 13.2. The van der Waals surface area contributed by atoms with Gasteiger partial charge in [-0.2, -0.15) is 0 Å². The molecule has 0 aliphatic carbocycles. The number of nitrogens with zero attached hydrogens (tertiary/aromatic N) is 3. The Bertz CT molecular complexity index is 906. The van der Waals surface area contributed by atoms with Crippen molar-refractivity contribution in [2.75, 3.05) is 20.2 Å². The minimum Gasteiger partial charge on any atom is -0.395 e. The van der Waals surface area contributed by atoms with Gasteiger partial charge in [0, 0.05) is 26.0 Å². The third kappa shape index (κ3) is 3.61. The second-order valence-corrected chi connectivity index (χ2v) is 6.74. The summed E-state index contributed by atoms with van der Waals surface area (Å²) in [6, 6.07) is 9.41. The number of hydrogen-bond acceptors (Lipinski definition) is 5. The van der Waals surface area contributed by atoms with E-state index in [0.29, 0.717) is 11.3 Å². The fraction of sp³-hybridized carbons (Fsp3) is 0.286. The van der Waals surface area contributed by atoms with Gasteiger partial charge in [-0.05, 0) is 36.6 Å². The number of aryl methyl sites for hydroxylation is 2.